The van der Waals surface area contributed by atoms with Gasteiger partial charge >= 0.3 is 5.97 Å². The number of esters is 1. The summed E-state index contributed by atoms with van der Waals surface area (Å²) >= 11 is 0. The first-order valence-corrected chi connectivity index (χ1v) is 12.1. The van der Waals surface area contributed by atoms with Crippen LogP contribution in [0.5, 0.6) is 0 Å². The Hall–Kier alpha value is -4.07. The highest BCUT2D eigenvalue weighted by molar-refractivity contribution is 5.95. The van der Waals surface area contributed by atoms with Crippen molar-refractivity contribution in [2.45, 2.75) is 31.3 Å². The van der Waals surface area contributed by atoms with Crippen molar-refractivity contribution >= 4 is 17.8 Å². The molecule has 3 heterocycles. The van der Waals surface area contributed by atoms with Gasteiger partial charge in [-0.2, -0.15) is 0 Å². The van der Waals surface area contributed by atoms with Crippen LogP contribution < -0.4 is 0 Å². The molecule has 3 aromatic rings. The number of pyridine rings is 1. The molecular formula is C29H28FN3O4. The Kier molecular flexibility index (Phi) is 5.85. The van der Waals surface area contributed by atoms with Gasteiger partial charge in [0.05, 0.1) is 17.5 Å². The second kappa shape index (κ2) is 8.80. The summed E-state index contributed by atoms with van der Waals surface area (Å²) in [4.78, 5) is 45.4. The molecule has 0 unspecified atom stereocenters. The van der Waals surface area contributed by atoms with Crippen LogP contribution in [0.15, 0.2) is 60.8 Å². The van der Waals surface area contributed by atoms with E-state index in [4.69, 9.17) is 4.74 Å². The predicted octanol–water partition coefficient (Wildman–Crippen LogP) is 4.17. The summed E-state index contributed by atoms with van der Waals surface area (Å²) < 4.78 is 21.2. The van der Waals surface area contributed by atoms with Gasteiger partial charge in [0, 0.05) is 49.9 Å². The molecule has 0 aliphatic carbocycles. The van der Waals surface area contributed by atoms with Crippen molar-refractivity contribution in [3.05, 3.63) is 89.0 Å². The van der Waals surface area contributed by atoms with E-state index in [1.54, 1.807) is 69.2 Å². The van der Waals surface area contributed by atoms with Gasteiger partial charge in [-0.25, -0.2) is 9.18 Å². The SMILES string of the molecule is CN(C)C(=O)c1ccc(-c2ccc(C(C)(C)C(=O)N3CC[C@@]4(C3)OC(=O)c3ccccc34)c(F)c2)cn1. The number of rotatable bonds is 4. The van der Waals surface area contributed by atoms with Gasteiger partial charge in [0.2, 0.25) is 5.91 Å². The van der Waals surface area contributed by atoms with Crippen LogP contribution in [0.1, 0.15) is 52.2 Å². The fourth-order valence-electron chi connectivity index (χ4n) is 5.24. The lowest BCUT2D eigenvalue weighted by Crippen LogP contribution is -2.44. The topological polar surface area (TPSA) is 79.8 Å². The Morgan fingerprint density at radius 2 is 1.81 bits per heavy atom. The third-order valence-electron chi connectivity index (χ3n) is 7.34. The maximum Gasteiger partial charge on any atom is 0.339 e. The molecule has 8 heteroatoms. The number of hydrogen-bond acceptors (Lipinski definition) is 5. The normalized spacial score (nSPS) is 18.6. The van der Waals surface area contributed by atoms with E-state index in [2.05, 4.69) is 4.98 Å². The quantitative estimate of drug-likeness (QED) is 0.502. The highest BCUT2D eigenvalue weighted by Crippen LogP contribution is 2.44. The van der Waals surface area contributed by atoms with E-state index in [1.807, 2.05) is 12.1 Å². The number of carbonyl (C=O) groups excluding carboxylic acids is 3. The van der Waals surface area contributed by atoms with Crippen LogP contribution in [0.2, 0.25) is 0 Å². The lowest BCUT2D eigenvalue weighted by molar-refractivity contribution is -0.136. The molecule has 5 rings (SSSR count). The number of nitrogens with zero attached hydrogens (tertiary/aromatic N) is 3. The lowest BCUT2D eigenvalue weighted by atomic mass is 9.82. The standard InChI is InChI=1S/C29H28FN3O4/c1-28(2,27(36)33-14-13-29(17-33)21-8-6-5-7-20(21)26(35)37-29)22-11-9-18(15-23(22)30)19-10-12-24(31-16-19)25(34)32(3)4/h5-12,15-16H,13-14,17H2,1-4H3/t29-/m0/s1. The molecule has 190 valence electrons. The van der Waals surface area contributed by atoms with Crippen molar-refractivity contribution in [3.63, 3.8) is 0 Å². The third-order valence-corrected chi connectivity index (χ3v) is 7.34. The molecule has 2 aromatic carbocycles. The van der Waals surface area contributed by atoms with Crippen LogP contribution in [0.3, 0.4) is 0 Å². The maximum atomic E-state index is 15.4. The van der Waals surface area contributed by atoms with E-state index in [0.29, 0.717) is 35.3 Å². The zero-order valence-electron chi connectivity index (χ0n) is 21.2. The molecule has 1 aromatic heterocycles. The second-order valence-corrected chi connectivity index (χ2v) is 10.4. The highest BCUT2D eigenvalue weighted by Gasteiger charge is 2.52. The molecule has 2 aliphatic heterocycles. The summed E-state index contributed by atoms with van der Waals surface area (Å²) in [7, 11) is 3.30. The number of hydrogen-bond donors (Lipinski definition) is 0. The second-order valence-electron chi connectivity index (χ2n) is 10.4. The van der Waals surface area contributed by atoms with Crippen LogP contribution in [0, 0.1) is 5.82 Å². The molecule has 1 saturated heterocycles. The average Bonchev–Trinajstić information content (AvgIpc) is 3.43. The Balaban J connectivity index is 1.36. The lowest BCUT2D eigenvalue weighted by Gasteiger charge is -2.31. The smallest absolute Gasteiger partial charge is 0.339 e. The maximum absolute atomic E-state index is 15.4. The number of ether oxygens (including phenoxy) is 1. The van der Waals surface area contributed by atoms with E-state index in [0.717, 1.165) is 5.56 Å². The fourth-order valence-corrected chi connectivity index (χ4v) is 5.24. The molecule has 0 N–H and O–H groups in total. The van der Waals surface area contributed by atoms with Gasteiger partial charge in [-0.05, 0) is 37.6 Å². The van der Waals surface area contributed by atoms with Crippen molar-refractivity contribution in [3.8, 4) is 11.1 Å². The van der Waals surface area contributed by atoms with Crippen molar-refractivity contribution in [1.29, 1.82) is 0 Å². The van der Waals surface area contributed by atoms with Crippen molar-refractivity contribution in [2.75, 3.05) is 27.2 Å². The van der Waals surface area contributed by atoms with Crippen LogP contribution in [-0.4, -0.2) is 59.8 Å². The van der Waals surface area contributed by atoms with E-state index in [1.165, 1.54) is 17.2 Å². The summed E-state index contributed by atoms with van der Waals surface area (Å²) in [6.45, 7) is 4.06. The summed E-state index contributed by atoms with van der Waals surface area (Å²) in [5.41, 5.74) is 1.17. The average molecular weight is 502 g/mol. The Morgan fingerprint density at radius 1 is 1.08 bits per heavy atom. The monoisotopic (exact) mass is 501 g/mol. The third kappa shape index (κ3) is 4.06. The van der Waals surface area contributed by atoms with Crippen molar-refractivity contribution in [2.24, 2.45) is 0 Å². The summed E-state index contributed by atoms with van der Waals surface area (Å²) in [6.07, 6.45) is 2.03. The van der Waals surface area contributed by atoms with Gasteiger partial charge in [-0.3, -0.25) is 14.6 Å². The summed E-state index contributed by atoms with van der Waals surface area (Å²) in [5, 5.41) is 0. The first kappa shape index (κ1) is 24.6. The minimum atomic E-state index is -1.14. The fraction of sp³-hybridized carbons (Fsp3) is 0.310. The number of carbonyl (C=O) groups is 3. The minimum absolute atomic E-state index is 0.215. The Labute approximate surface area is 214 Å². The summed E-state index contributed by atoms with van der Waals surface area (Å²) in [6, 6.07) is 15.3. The van der Waals surface area contributed by atoms with E-state index in [-0.39, 0.29) is 29.9 Å². The summed E-state index contributed by atoms with van der Waals surface area (Å²) in [5.74, 6) is -1.33. The van der Waals surface area contributed by atoms with Gasteiger partial charge in [0.15, 0.2) is 5.60 Å². The largest absolute Gasteiger partial charge is 0.449 e. The van der Waals surface area contributed by atoms with E-state index < -0.39 is 16.8 Å². The molecular weight excluding hydrogens is 473 g/mol. The minimum Gasteiger partial charge on any atom is -0.449 e. The first-order chi connectivity index (χ1) is 17.5. The molecule has 0 bridgehead atoms. The van der Waals surface area contributed by atoms with Crippen LogP contribution in [0.25, 0.3) is 11.1 Å². The Morgan fingerprint density at radius 3 is 2.49 bits per heavy atom. The molecule has 1 spiro atoms. The first-order valence-electron chi connectivity index (χ1n) is 12.1. The molecule has 1 fully saturated rings. The number of fused-ring (bicyclic) bond motifs is 2. The van der Waals surface area contributed by atoms with Crippen LogP contribution >= 0.6 is 0 Å². The van der Waals surface area contributed by atoms with Gasteiger partial charge in [-0.1, -0.05) is 36.4 Å². The zero-order chi connectivity index (χ0) is 26.5. The van der Waals surface area contributed by atoms with Gasteiger partial charge in [0.1, 0.15) is 11.5 Å². The molecule has 0 saturated carbocycles. The Bertz CT molecular complexity index is 1420. The highest BCUT2D eigenvalue weighted by atomic mass is 19.1. The molecule has 0 radical (unpaired) electrons. The van der Waals surface area contributed by atoms with E-state index >= 15 is 4.39 Å². The number of likely N-dealkylation sites (tertiary alicyclic amines) is 1. The van der Waals surface area contributed by atoms with Crippen LogP contribution in [-0.2, 0) is 20.5 Å². The van der Waals surface area contributed by atoms with Gasteiger partial charge in [0.25, 0.3) is 5.91 Å². The number of amides is 2. The molecule has 2 amide bonds. The molecule has 2 aliphatic rings. The zero-order valence-corrected chi connectivity index (χ0v) is 21.2. The molecule has 37 heavy (non-hydrogen) atoms. The molecule has 1 atom stereocenters. The molecule has 7 nitrogen and oxygen atoms in total. The van der Waals surface area contributed by atoms with E-state index in [9.17, 15) is 14.4 Å². The predicted molar refractivity (Wildman–Crippen MR) is 135 cm³/mol. The number of benzene rings is 2. The van der Waals surface area contributed by atoms with Gasteiger partial charge in [-0.15, -0.1) is 0 Å². The van der Waals surface area contributed by atoms with Gasteiger partial charge < -0.3 is 14.5 Å². The van der Waals surface area contributed by atoms with Crippen LogP contribution in [0.4, 0.5) is 4.39 Å². The number of aromatic nitrogens is 1. The van der Waals surface area contributed by atoms with Crippen molar-refractivity contribution in [1.82, 2.24) is 14.8 Å². The number of halogens is 1. The van der Waals surface area contributed by atoms with Crippen molar-refractivity contribution < 1.29 is 23.5 Å².